The van der Waals surface area contributed by atoms with Crippen LogP contribution in [0.2, 0.25) is 0 Å². The number of ether oxygens (including phenoxy) is 1. The first kappa shape index (κ1) is 14.9. The molecule has 0 fully saturated rings. The van der Waals surface area contributed by atoms with Gasteiger partial charge in [0.25, 0.3) is 0 Å². The van der Waals surface area contributed by atoms with E-state index < -0.39 is 16.4 Å². The molecule has 2 rings (SSSR count). The van der Waals surface area contributed by atoms with Crippen LogP contribution in [-0.4, -0.2) is 18.6 Å². The third-order valence-corrected chi connectivity index (χ3v) is 3.02. The van der Waals surface area contributed by atoms with Crippen molar-refractivity contribution in [2.75, 3.05) is 19.0 Å². The Labute approximate surface area is 121 Å². The summed E-state index contributed by atoms with van der Waals surface area (Å²) in [4.78, 5) is 10.0. The minimum absolute atomic E-state index is 0.179. The summed E-state index contributed by atoms with van der Waals surface area (Å²) >= 11 is 0. The number of nitrogens with one attached hydrogen (secondary N) is 1. The molecule has 0 aromatic heterocycles. The third kappa shape index (κ3) is 3.76. The summed E-state index contributed by atoms with van der Waals surface area (Å²) in [5.41, 5.74) is 0.893. The Balaban J connectivity index is 2.25. The first-order valence-electron chi connectivity index (χ1n) is 6.36. The second kappa shape index (κ2) is 6.81. The number of nitro benzene ring substituents is 1. The first-order valence-corrected chi connectivity index (χ1v) is 6.36. The highest BCUT2D eigenvalue weighted by molar-refractivity contribution is 5.53. The van der Waals surface area contributed by atoms with Crippen LogP contribution in [0.25, 0.3) is 0 Å². The third-order valence-electron chi connectivity index (χ3n) is 3.02. The molecule has 0 aliphatic heterocycles. The van der Waals surface area contributed by atoms with Gasteiger partial charge >= 0.3 is 5.69 Å². The summed E-state index contributed by atoms with van der Waals surface area (Å²) in [5, 5.41) is 13.9. The van der Waals surface area contributed by atoms with Crippen molar-refractivity contribution in [3.63, 3.8) is 0 Å². The van der Waals surface area contributed by atoms with E-state index in [0.717, 1.165) is 11.6 Å². The van der Waals surface area contributed by atoms with Crippen LogP contribution in [0.4, 0.5) is 15.8 Å². The van der Waals surface area contributed by atoms with Gasteiger partial charge in [0.15, 0.2) is 0 Å². The van der Waals surface area contributed by atoms with Crippen molar-refractivity contribution in [2.45, 2.75) is 6.04 Å². The zero-order valence-corrected chi connectivity index (χ0v) is 11.5. The lowest BCUT2D eigenvalue weighted by Crippen LogP contribution is -2.16. The van der Waals surface area contributed by atoms with E-state index in [1.807, 2.05) is 30.3 Å². The van der Waals surface area contributed by atoms with Crippen LogP contribution in [0.15, 0.2) is 48.5 Å². The Bertz CT molecular complexity index is 620. The molecular weight excluding hydrogens is 275 g/mol. The van der Waals surface area contributed by atoms with Gasteiger partial charge in [-0.05, 0) is 17.7 Å². The number of hydrogen-bond acceptors (Lipinski definition) is 4. The smallest absolute Gasteiger partial charge is 0.306 e. The number of halogens is 1. The molecule has 1 atom stereocenters. The van der Waals surface area contributed by atoms with Crippen molar-refractivity contribution in [2.24, 2.45) is 0 Å². The quantitative estimate of drug-likeness (QED) is 0.653. The second-order valence-electron chi connectivity index (χ2n) is 4.49. The summed E-state index contributed by atoms with van der Waals surface area (Å²) < 4.78 is 18.5. The number of hydrogen-bond donors (Lipinski definition) is 1. The van der Waals surface area contributed by atoms with Crippen molar-refractivity contribution < 1.29 is 14.1 Å². The molecule has 0 radical (unpaired) electrons. The fourth-order valence-electron chi connectivity index (χ4n) is 2.02. The molecule has 110 valence electrons. The van der Waals surface area contributed by atoms with E-state index in [9.17, 15) is 14.5 Å². The predicted molar refractivity (Wildman–Crippen MR) is 77.7 cm³/mol. The number of anilines is 1. The van der Waals surface area contributed by atoms with Gasteiger partial charge in [-0.3, -0.25) is 10.1 Å². The summed E-state index contributed by atoms with van der Waals surface area (Å²) in [7, 11) is 1.57. The van der Waals surface area contributed by atoms with E-state index in [4.69, 9.17) is 4.74 Å². The summed E-state index contributed by atoms with van der Waals surface area (Å²) in [6.45, 7) is 0.384. The van der Waals surface area contributed by atoms with Crippen LogP contribution in [-0.2, 0) is 4.74 Å². The van der Waals surface area contributed by atoms with Crippen LogP contribution in [0.3, 0.4) is 0 Å². The van der Waals surface area contributed by atoms with E-state index >= 15 is 0 Å². The van der Waals surface area contributed by atoms with Gasteiger partial charge in [-0.25, -0.2) is 0 Å². The second-order valence-corrected chi connectivity index (χ2v) is 4.49. The van der Waals surface area contributed by atoms with E-state index in [2.05, 4.69) is 5.32 Å². The van der Waals surface area contributed by atoms with Crippen LogP contribution in [0.5, 0.6) is 0 Å². The van der Waals surface area contributed by atoms with Crippen molar-refractivity contribution in [3.8, 4) is 0 Å². The van der Waals surface area contributed by atoms with Gasteiger partial charge in [0.2, 0.25) is 5.82 Å². The number of nitrogens with zero attached hydrogens (tertiary/aromatic N) is 1. The molecule has 0 heterocycles. The minimum Gasteiger partial charge on any atom is -0.382 e. The highest BCUT2D eigenvalue weighted by Gasteiger charge is 2.17. The average Bonchev–Trinajstić information content (AvgIpc) is 2.49. The van der Waals surface area contributed by atoms with Gasteiger partial charge in [0.05, 0.1) is 17.6 Å². The van der Waals surface area contributed by atoms with Crippen LogP contribution < -0.4 is 5.32 Å². The average molecular weight is 290 g/mol. The van der Waals surface area contributed by atoms with Crippen LogP contribution in [0.1, 0.15) is 11.6 Å². The Hall–Kier alpha value is -2.47. The molecule has 21 heavy (non-hydrogen) atoms. The summed E-state index contributed by atoms with van der Waals surface area (Å²) in [6.07, 6.45) is 0. The molecule has 0 amide bonds. The Kier molecular flexibility index (Phi) is 4.84. The van der Waals surface area contributed by atoms with Gasteiger partial charge in [-0.1, -0.05) is 30.3 Å². The van der Waals surface area contributed by atoms with Gasteiger partial charge in [0.1, 0.15) is 0 Å². The largest absolute Gasteiger partial charge is 0.382 e. The minimum atomic E-state index is -0.853. The fraction of sp³-hybridized carbons (Fsp3) is 0.200. The number of nitro groups is 1. The van der Waals surface area contributed by atoms with Gasteiger partial charge in [-0.15, -0.1) is 0 Å². The maximum absolute atomic E-state index is 13.3. The van der Waals surface area contributed by atoms with Crippen molar-refractivity contribution in [1.29, 1.82) is 0 Å². The molecular formula is C15H15FN2O3. The number of rotatable bonds is 6. The molecule has 0 aliphatic carbocycles. The van der Waals surface area contributed by atoms with Crippen molar-refractivity contribution in [3.05, 3.63) is 70.0 Å². The van der Waals surface area contributed by atoms with Gasteiger partial charge in [0, 0.05) is 18.9 Å². The Morgan fingerprint density at radius 2 is 2.00 bits per heavy atom. The standard InChI is InChI=1S/C15H15FN2O3/c1-21-10-14(11-5-3-2-4-6-11)17-12-7-8-13(16)15(9-12)18(19)20/h2-9,14,17H,10H2,1H3. The molecule has 2 aromatic carbocycles. The van der Waals surface area contributed by atoms with E-state index in [0.29, 0.717) is 12.3 Å². The fourth-order valence-corrected chi connectivity index (χ4v) is 2.02. The van der Waals surface area contributed by atoms with Crippen LogP contribution >= 0.6 is 0 Å². The van der Waals surface area contributed by atoms with Crippen molar-refractivity contribution in [1.82, 2.24) is 0 Å². The molecule has 0 saturated heterocycles. The number of methoxy groups -OCH3 is 1. The van der Waals surface area contributed by atoms with Gasteiger partial charge < -0.3 is 10.1 Å². The molecule has 0 saturated carbocycles. The summed E-state index contributed by atoms with van der Waals surface area (Å²) in [5.74, 6) is -0.853. The molecule has 0 aliphatic rings. The maximum atomic E-state index is 13.3. The van der Waals surface area contributed by atoms with Crippen molar-refractivity contribution >= 4 is 11.4 Å². The SMILES string of the molecule is COCC(Nc1ccc(F)c([N+](=O)[O-])c1)c1ccccc1. The summed E-state index contributed by atoms with van der Waals surface area (Å²) in [6, 6.07) is 13.1. The van der Waals surface area contributed by atoms with E-state index in [1.54, 1.807) is 7.11 Å². The molecule has 0 spiro atoms. The highest BCUT2D eigenvalue weighted by Crippen LogP contribution is 2.25. The van der Waals surface area contributed by atoms with Crippen LogP contribution in [0, 0.1) is 15.9 Å². The Morgan fingerprint density at radius 1 is 1.29 bits per heavy atom. The van der Waals surface area contributed by atoms with Gasteiger partial charge in [-0.2, -0.15) is 4.39 Å². The number of benzene rings is 2. The first-order chi connectivity index (χ1) is 10.1. The maximum Gasteiger partial charge on any atom is 0.306 e. The molecule has 2 aromatic rings. The molecule has 6 heteroatoms. The predicted octanol–water partition coefficient (Wildman–Crippen LogP) is 3.53. The zero-order chi connectivity index (χ0) is 15.2. The Morgan fingerprint density at radius 3 is 2.62 bits per heavy atom. The topological polar surface area (TPSA) is 64.4 Å². The lowest BCUT2D eigenvalue weighted by molar-refractivity contribution is -0.387. The monoisotopic (exact) mass is 290 g/mol. The van der Waals surface area contributed by atoms with E-state index in [1.165, 1.54) is 12.1 Å². The molecule has 0 bridgehead atoms. The molecule has 5 nitrogen and oxygen atoms in total. The lowest BCUT2D eigenvalue weighted by atomic mass is 10.1. The zero-order valence-electron chi connectivity index (χ0n) is 11.5. The molecule has 1 N–H and O–H groups in total. The normalized spacial score (nSPS) is 11.9. The molecule has 1 unspecified atom stereocenters. The van der Waals surface area contributed by atoms with E-state index in [-0.39, 0.29) is 6.04 Å². The highest BCUT2D eigenvalue weighted by atomic mass is 19.1. The lowest BCUT2D eigenvalue weighted by Gasteiger charge is -2.19.